The molecule has 0 radical (unpaired) electrons. The number of hydrazone groups is 1. The summed E-state index contributed by atoms with van der Waals surface area (Å²) in [5.74, 6) is -0.756. The fraction of sp³-hybridized carbons (Fsp3) is 0.148. The van der Waals surface area contributed by atoms with Crippen LogP contribution in [0.5, 0.6) is 11.5 Å². The van der Waals surface area contributed by atoms with E-state index in [-0.39, 0.29) is 17.2 Å². The van der Waals surface area contributed by atoms with E-state index in [1.165, 1.54) is 6.21 Å². The van der Waals surface area contributed by atoms with Gasteiger partial charge in [0.1, 0.15) is 5.70 Å². The van der Waals surface area contributed by atoms with Crippen LogP contribution in [0, 0.1) is 0 Å². The minimum absolute atomic E-state index is 0.0211. The van der Waals surface area contributed by atoms with Gasteiger partial charge in [0.05, 0.1) is 17.3 Å². The van der Waals surface area contributed by atoms with Crippen molar-refractivity contribution in [2.24, 2.45) is 5.10 Å². The van der Waals surface area contributed by atoms with Crippen LogP contribution in [0.25, 0.3) is 6.08 Å². The molecule has 36 heavy (non-hydrogen) atoms. The number of carbonyl (C=O) groups is 2. The minimum Gasteiger partial charge on any atom is -0.503 e. The largest absolute Gasteiger partial charge is 0.503 e. The predicted octanol–water partition coefficient (Wildman–Crippen LogP) is 4.54. The zero-order valence-corrected chi connectivity index (χ0v) is 21.7. The molecule has 0 aliphatic heterocycles. The Morgan fingerprint density at radius 3 is 2.39 bits per heavy atom. The van der Waals surface area contributed by atoms with Gasteiger partial charge in [-0.1, -0.05) is 30.3 Å². The molecular formula is C27H27BrN4O4. The maximum Gasteiger partial charge on any atom is 0.287 e. The van der Waals surface area contributed by atoms with Crippen molar-refractivity contribution in [3.63, 3.8) is 0 Å². The van der Waals surface area contributed by atoms with Crippen LogP contribution in [0.1, 0.15) is 28.4 Å². The van der Waals surface area contributed by atoms with Crippen LogP contribution in [0.15, 0.2) is 82.0 Å². The molecule has 3 aromatic carbocycles. The standard InChI is InChI=1S/C27H27BrN4O4/c1-4-36-24-16-19(14-22(28)25(24)33)17-29-31-27(35)23(30-26(34)20-8-6-5-7-9-20)15-18-10-12-21(13-11-18)32(2)3/h5-17,33H,4H2,1-3H3,(H,30,34)(H,31,35)/b23-15?,29-17+. The fourth-order valence-corrected chi connectivity index (χ4v) is 3.60. The number of anilines is 1. The molecule has 0 bridgehead atoms. The molecule has 9 heteroatoms. The number of aromatic hydroxyl groups is 1. The van der Waals surface area contributed by atoms with Crippen molar-refractivity contribution in [1.82, 2.24) is 10.7 Å². The van der Waals surface area contributed by atoms with Crippen molar-refractivity contribution in [2.75, 3.05) is 25.6 Å². The quantitative estimate of drug-likeness (QED) is 0.206. The summed E-state index contributed by atoms with van der Waals surface area (Å²) >= 11 is 3.27. The van der Waals surface area contributed by atoms with Gasteiger partial charge in [0.2, 0.25) is 0 Å². The van der Waals surface area contributed by atoms with Crippen molar-refractivity contribution in [2.45, 2.75) is 6.92 Å². The SMILES string of the molecule is CCOc1cc(/C=N/NC(=O)C(=Cc2ccc(N(C)C)cc2)NC(=O)c2ccccc2)cc(Br)c1O. The molecule has 186 valence electrons. The van der Waals surface area contributed by atoms with E-state index in [0.29, 0.717) is 22.2 Å². The lowest BCUT2D eigenvalue weighted by atomic mass is 10.1. The van der Waals surface area contributed by atoms with E-state index in [2.05, 4.69) is 31.8 Å². The van der Waals surface area contributed by atoms with Gasteiger partial charge in [0.25, 0.3) is 11.8 Å². The average molecular weight is 551 g/mol. The van der Waals surface area contributed by atoms with Crippen LogP contribution in [0.2, 0.25) is 0 Å². The second-order valence-electron chi connectivity index (χ2n) is 7.85. The highest BCUT2D eigenvalue weighted by Gasteiger charge is 2.15. The second kappa shape index (κ2) is 12.6. The van der Waals surface area contributed by atoms with E-state index in [0.717, 1.165) is 11.3 Å². The maximum atomic E-state index is 13.0. The Balaban J connectivity index is 1.83. The third kappa shape index (κ3) is 7.19. The van der Waals surface area contributed by atoms with E-state index < -0.39 is 11.8 Å². The molecule has 0 spiro atoms. The van der Waals surface area contributed by atoms with E-state index in [9.17, 15) is 14.7 Å². The summed E-state index contributed by atoms with van der Waals surface area (Å²) in [5.41, 5.74) is 5.20. The molecule has 2 amide bonds. The third-order valence-electron chi connectivity index (χ3n) is 4.98. The first-order valence-corrected chi connectivity index (χ1v) is 11.9. The first kappa shape index (κ1) is 26.5. The van der Waals surface area contributed by atoms with Crippen LogP contribution in [-0.4, -0.2) is 43.8 Å². The number of phenolic OH excluding ortho intramolecular Hbond substituents is 1. The van der Waals surface area contributed by atoms with E-state index in [4.69, 9.17) is 4.74 Å². The molecule has 3 aromatic rings. The van der Waals surface area contributed by atoms with E-state index in [1.807, 2.05) is 43.3 Å². The van der Waals surface area contributed by atoms with Crippen LogP contribution in [0.4, 0.5) is 5.69 Å². The van der Waals surface area contributed by atoms with Crippen LogP contribution >= 0.6 is 15.9 Å². The molecule has 0 aliphatic carbocycles. The molecule has 3 rings (SSSR count). The number of amides is 2. The Bertz CT molecular complexity index is 1270. The Labute approximate surface area is 218 Å². The molecule has 0 unspecified atom stereocenters. The van der Waals surface area contributed by atoms with Gasteiger partial charge in [0.15, 0.2) is 11.5 Å². The first-order valence-electron chi connectivity index (χ1n) is 11.1. The highest BCUT2D eigenvalue weighted by Crippen LogP contribution is 2.35. The lowest BCUT2D eigenvalue weighted by Crippen LogP contribution is -2.32. The third-order valence-corrected chi connectivity index (χ3v) is 5.58. The summed E-state index contributed by atoms with van der Waals surface area (Å²) in [6, 6.07) is 19.4. The van der Waals surface area contributed by atoms with Crippen molar-refractivity contribution < 1.29 is 19.4 Å². The van der Waals surface area contributed by atoms with Gasteiger partial charge in [-0.25, -0.2) is 5.43 Å². The normalized spacial score (nSPS) is 11.3. The molecular weight excluding hydrogens is 524 g/mol. The fourth-order valence-electron chi connectivity index (χ4n) is 3.14. The smallest absolute Gasteiger partial charge is 0.287 e. The summed E-state index contributed by atoms with van der Waals surface area (Å²) < 4.78 is 5.84. The number of hydrogen-bond acceptors (Lipinski definition) is 6. The number of carbonyl (C=O) groups excluding carboxylic acids is 2. The van der Waals surface area contributed by atoms with Crippen molar-refractivity contribution in [1.29, 1.82) is 0 Å². The van der Waals surface area contributed by atoms with Gasteiger partial charge in [-0.2, -0.15) is 5.10 Å². The minimum atomic E-state index is -0.602. The first-order chi connectivity index (χ1) is 17.3. The summed E-state index contributed by atoms with van der Waals surface area (Å²) in [4.78, 5) is 27.7. The van der Waals surface area contributed by atoms with Gasteiger partial charge >= 0.3 is 0 Å². The van der Waals surface area contributed by atoms with Crippen molar-refractivity contribution >= 4 is 45.7 Å². The summed E-state index contributed by atoms with van der Waals surface area (Å²) in [7, 11) is 3.87. The number of rotatable bonds is 9. The molecule has 0 fully saturated rings. The second-order valence-corrected chi connectivity index (χ2v) is 8.70. The number of hydrogen-bond donors (Lipinski definition) is 3. The zero-order chi connectivity index (χ0) is 26.1. The number of benzene rings is 3. The van der Waals surface area contributed by atoms with Gasteiger partial charge in [-0.05, 0) is 76.5 Å². The van der Waals surface area contributed by atoms with Crippen molar-refractivity contribution in [3.8, 4) is 11.5 Å². The topological polar surface area (TPSA) is 103 Å². The number of halogens is 1. The monoisotopic (exact) mass is 550 g/mol. The molecule has 0 saturated heterocycles. The Morgan fingerprint density at radius 2 is 1.75 bits per heavy atom. The van der Waals surface area contributed by atoms with Crippen molar-refractivity contribution in [3.05, 3.63) is 93.6 Å². The molecule has 0 saturated carbocycles. The van der Waals surface area contributed by atoms with E-state index >= 15 is 0 Å². The summed E-state index contributed by atoms with van der Waals surface area (Å²) in [6.07, 6.45) is 2.99. The predicted molar refractivity (Wildman–Crippen MR) is 145 cm³/mol. The molecule has 0 heterocycles. The van der Waals surface area contributed by atoms with Crippen LogP contribution in [0.3, 0.4) is 0 Å². The number of nitrogens with one attached hydrogen (secondary N) is 2. The summed E-state index contributed by atoms with van der Waals surface area (Å²) in [6.45, 7) is 2.18. The Hall–Kier alpha value is -4.11. The highest BCUT2D eigenvalue weighted by atomic mass is 79.9. The lowest BCUT2D eigenvalue weighted by Gasteiger charge is -2.13. The average Bonchev–Trinajstić information content (AvgIpc) is 2.87. The zero-order valence-electron chi connectivity index (χ0n) is 20.2. The molecule has 3 N–H and O–H groups in total. The lowest BCUT2D eigenvalue weighted by molar-refractivity contribution is -0.117. The van der Waals surface area contributed by atoms with Crippen LogP contribution in [-0.2, 0) is 4.79 Å². The maximum absolute atomic E-state index is 13.0. The Morgan fingerprint density at radius 1 is 1.06 bits per heavy atom. The number of nitrogens with zero attached hydrogens (tertiary/aromatic N) is 2. The molecule has 0 aliphatic rings. The van der Waals surface area contributed by atoms with Gasteiger partial charge in [0, 0.05) is 25.3 Å². The molecule has 0 atom stereocenters. The summed E-state index contributed by atoms with van der Waals surface area (Å²) in [5, 5.41) is 16.8. The highest BCUT2D eigenvalue weighted by molar-refractivity contribution is 9.10. The number of phenols is 1. The van der Waals surface area contributed by atoms with Gasteiger partial charge in [-0.15, -0.1) is 0 Å². The van der Waals surface area contributed by atoms with Crippen LogP contribution < -0.4 is 20.4 Å². The van der Waals surface area contributed by atoms with Gasteiger partial charge in [-0.3, -0.25) is 9.59 Å². The van der Waals surface area contributed by atoms with E-state index in [1.54, 1.807) is 55.5 Å². The van der Waals surface area contributed by atoms with Gasteiger partial charge < -0.3 is 20.1 Å². The molecule has 8 nitrogen and oxygen atoms in total. The Kier molecular flexibility index (Phi) is 9.24. The number of ether oxygens (including phenoxy) is 1. The molecule has 0 aromatic heterocycles.